The topological polar surface area (TPSA) is 28.2 Å². The molecule has 0 aliphatic heterocycles. The Morgan fingerprint density at radius 3 is 2.63 bits per heavy atom. The fourth-order valence-corrected chi connectivity index (χ4v) is 1.96. The zero-order valence-corrected chi connectivity index (χ0v) is 12.9. The van der Waals surface area contributed by atoms with Crippen LogP contribution in [0.2, 0.25) is 0 Å². The van der Waals surface area contributed by atoms with Crippen molar-refractivity contribution in [1.82, 2.24) is 15.2 Å². The highest BCUT2D eigenvalue weighted by Crippen LogP contribution is 2.05. The summed E-state index contributed by atoms with van der Waals surface area (Å²) in [5.41, 5.74) is 2.42. The molecule has 0 aromatic carbocycles. The summed E-state index contributed by atoms with van der Waals surface area (Å²) in [4.78, 5) is 6.89. The molecule has 0 aliphatic carbocycles. The Balaban J connectivity index is 2.34. The van der Waals surface area contributed by atoms with Crippen molar-refractivity contribution >= 4 is 0 Å². The monoisotopic (exact) mass is 263 g/mol. The number of hydrogen-bond acceptors (Lipinski definition) is 3. The van der Waals surface area contributed by atoms with E-state index < -0.39 is 0 Å². The van der Waals surface area contributed by atoms with E-state index in [1.165, 1.54) is 24.8 Å². The SMILES string of the molecule is CCCCCN(C)Cc1ccc(CNC(C)C)cn1. The quantitative estimate of drug-likeness (QED) is 0.693. The van der Waals surface area contributed by atoms with Crippen molar-refractivity contribution in [2.24, 2.45) is 0 Å². The summed E-state index contributed by atoms with van der Waals surface area (Å²) in [7, 11) is 2.17. The van der Waals surface area contributed by atoms with E-state index in [-0.39, 0.29) is 0 Å². The predicted molar refractivity (Wildman–Crippen MR) is 82.1 cm³/mol. The van der Waals surface area contributed by atoms with Crippen LogP contribution in [0.3, 0.4) is 0 Å². The molecule has 1 aromatic heterocycles. The third kappa shape index (κ3) is 7.28. The summed E-state index contributed by atoms with van der Waals surface area (Å²) in [5.74, 6) is 0. The van der Waals surface area contributed by atoms with Gasteiger partial charge in [0.2, 0.25) is 0 Å². The summed E-state index contributed by atoms with van der Waals surface area (Å²) in [6.07, 6.45) is 5.87. The lowest BCUT2D eigenvalue weighted by atomic mass is 10.2. The van der Waals surface area contributed by atoms with Gasteiger partial charge in [-0.3, -0.25) is 4.98 Å². The molecule has 0 radical (unpaired) electrons. The smallest absolute Gasteiger partial charge is 0.0544 e. The summed E-state index contributed by atoms with van der Waals surface area (Å²) >= 11 is 0. The maximum atomic E-state index is 4.54. The molecule has 19 heavy (non-hydrogen) atoms. The maximum absolute atomic E-state index is 4.54. The number of aromatic nitrogens is 1. The van der Waals surface area contributed by atoms with Crippen LogP contribution in [0.1, 0.15) is 51.3 Å². The second-order valence-electron chi connectivity index (χ2n) is 5.64. The third-order valence-electron chi connectivity index (χ3n) is 3.18. The van der Waals surface area contributed by atoms with Gasteiger partial charge in [-0.2, -0.15) is 0 Å². The molecule has 0 saturated carbocycles. The first-order chi connectivity index (χ1) is 9.11. The minimum Gasteiger partial charge on any atom is -0.310 e. The van der Waals surface area contributed by atoms with Crippen molar-refractivity contribution in [1.29, 1.82) is 0 Å². The zero-order valence-electron chi connectivity index (χ0n) is 12.9. The Bertz CT molecular complexity index is 332. The summed E-state index contributed by atoms with van der Waals surface area (Å²) in [6, 6.07) is 4.84. The number of nitrogens with one attached hydrogen (secondary N) is 1. The molecular formula is C16H29N3. The van der Waals surface area contributed by atoms with Gasteiger partial charge in [-0.1, -0.05) is 39.7 Å². The van der Waals surface area contributed by atoms with Crippen LogP contribution in [-0.4, -0.2) is 29.5 Å². The average Bonchev–Trinajstić information content (AvgIpc) is 2.38. The number of pyridine rings is 1. The van der Waals surface area contributed by atoms with Gasteiger partial charge in [-0.15, -0.1) is 0 Å². The van der Waals surface area contributed by atoms with Gasteiger partial charge >= 0.3 is 0 Å². The molecule has 1 aromatic rings. The minimum atomic E-state index is 0.518. The van der Waals surface area contributed by atoms with E-state index in [9.17, 15) is 0 Å². The normalized spacial score (nSPS) is 11.5. The van der Waals surface area contributed by atoms with E-state index in [0.717, 1.165) is 25.3 Å². The standard InChI is InChI=1S/C16H29N3/c1-5-6-7-10-19(4)13-16-9-8-15(12-18-16)11-17-14(2)3/h8-9,12,14,17H,5-7,10-11,13H2,1-4H3. The molecule has 0 fully saturated rings. The highest BCUT2D eigenvalue weighted by molar-refractivity contribution is 5.14. The van der Waals surface area contributed by atoms with E-state index in [4.69, 9.17) is 0 Å². The van der Waals surface area contributed by atoms with Crippen LogP contribution in [0.15, 0.2) is 18.3 Å². The lowest BCUT2D eigenvalue weighted by Gasteiger charge is -2.16. The van der Waals surface area contributed by atoms with Crippen LogP contribution in [0.5, 0.6) is 0 Å². The van der Waals surface area contributed by atoms with Crippen molar-refractivity contribution in [3.8, 4) is 0 Å². The lowest BCUT2D eigenvalue weighted by molar-refractivity contribution is 0.314. The van der Waals surface area contributed by atoms with Crippen molar-refractivity contribution in [3.05, 3.63) is 29.6 Å². The van der Waals surface area contributed by atoms with Gasteiger partial charge in [0.05, 0.1) is 5.69 Å². The first-order valence-electron chi connectivity index (χ1n) is 7.47. The highest BCUT2D eigenvalue weighted by atomic mass is 15.1. The van der Waals surface area contributed by atoms with Crippen LogP contribution in [0.25, 0.3) is 0 Å². The predicted octanol–water partition coefficient (Wildman–Crippen LogP) is 3.20. The van der Waals surface area contributed by atoms with Crippen LogP contribution < -0.4 is 5.32 Å². The molecule has 3 heteroatoms. The third-order valence-corrected chi connectivity index (χ3v) is 3.18. The van der Waals surface area contributed by atoms with Gasteiger partial charge in [0.1, 0.15) is 0 Å². The Morgan fingerprint density at radius 1 is 1.26 bits per heavy atom. The van der Waals surface area contributed by atoms with Crippen molar-refractivity contribution in [3.63, 3.8) is 0 Å². The Morgan fingerprint density at radius 2 is 2.05 bits per heavy atom. The van der Waals surface area contributed by atoms with E-state index >= 15 is 0 Å². The van der Waals surface area contributed by atoms with Crippen molar-refractivity contribution < 1.29 is 0 Å². The van der Waals surface area contributed by atoms with E-state index in [1.807, 2.05) is 6.20 Å². The average molecular weight is 263 g/mol. The molecule has 1 heterocycles. The summed E-state index contributed by atoms with van der Waals surface area (Å²) in [6.45, 7) is 9.57. The van der Waals surface area contributed by atoms with Gasteiger partial charge in [-0.05, 0) is 31.6 Å². The van der Waals surface area contributed by atoms with Gasteiger partial charge < -0.3 is 10.2 Å². The Kier molecular flexibility index (Phi) is 7.68. The van der Waals surface area contributed by atoms with Gasteiger partial charge in [-0.25, -0.2) is 0 Å². The van der Waals surface area contributed by atoms with Crippen LogP contribution in [0, 0.1) is 0 Å². The largest absolute Gasteiger partial charge is 0.310 e. The molecule has 3 nitrogen and oxygen atoms in total. The van der Waals surface area contributed by atoms with E-state index in [0.29, 0.717) is 6.04 Å². The number of rotatable bonds is 9. The second kappa shape index (κ2) is 9.05. The Hall–Kier alpha value is -0.930. The van der Waals surface area contributed by atoms with Gasteiger partial charge in [0.15, 0.2) is 0 Å². The molecule has 108 valence electrons. The molecule has 0 aliphatic rings. The molecule has 1 N–H and O–H groups in total. The molecule has 0 atom stereocenters. The Labute approximate surface area is 118 Å². The summed E-state index contributed by atoms with van der Waals surface area (Å²) < 4.78 is 0. The van der Waals surface area contributed by atoms with Crippen LogP contribution in [0.4, 0.5) is 0 Å². The molecular weight excluding hydrogens is 234 g/mol. The second-order valence-corrected chi connectivity index (χ2v) is 5.64. The fourth-order valence-electron chi connectivity index (χ4n) is 1.96. The van der Waals surface area contributed by atoms with Crippen molar-refractivity contribution in [2.45, 2.75) is 59.2 Å². The molecule has 0 saturated heterocycles. The molecule has 0 amide bonds. The van der Waals surface area contributed by atoms with Crippen LogP contribution in [-0.2, 0) is 13.1 Å². The minimum absolute atomic E-state index is 0.518. The maximum Gasteiger partial charge on any atom is 0.0544 e. The van der Waals surface area contributed by atoms with E-state index in [1.54, 1.807) is 0 Å². The van der Waals surface area contributed by atoms with Crippen molar-refractivity contribution in [2.75, 3.05) is 13.6 Å². The zero-order chi connectivity index (χ0) is 14.1. The first-order valence-corrected chi connectivity index (χ1v) is 7.47. The number of unbranched alkanes of at least 4 members (excludes halogenated alkanes) is 2. The fraction of sp³-hybridized carbons (Fsp3) is 0.688. The molecule has 0 unspecified atom stereocenters. The molecule has 0 bridgehead atoms. The lowest BCUT2D eigenvalue weighted by Crippen LogP contribution is -2.22. The molecule has 0 spiro atoms. The molecule has 1 rings (SSSR count). The highest BCUT2D eigenvalue weighted by Gasteiger charge is 2.02. The van der Waals surface area contributed by atoms with E-state index in [2.05, 4.69) is 55.2 Å². The summed E-state index contributed by atoms with van der Waals surface area (Å²) in [5, 5.41) is 3.41. The first kappa shape index (κ1) is 16.1. The van der Waals surface area contributed by atoms with Gasteiger partial charge in [0, 0.05) is 25.3 Å². The number of hydrogen-bond donors (Lipinski definition) is 1. The van der Waals surface area contributed by atoms with Crippen LogP contribution >= 0.6 is 0 Å². The van der Waals surface area contributed by atoms with Gasteiger partial charge in [0.25, 0.3) is 0 Å². The number of nitrogens with zero attached hydrogens (tertiary/aromatic N) is 2.